The minimum Gasteiger partial charge on any atom is -0.307 e. The third-order valence-electron chi connectivity index (χ3n) is 3.86. The van der Waals surface area contributed by atoms with Crippen LogP contribution in [0, 0.1) is 0 Å². The van der Waals surface area contributed by atoms with E-state index in [4.69, 9.17) is 0 Å². The summed E-state index contributed by atoms with van der Waals surface area (Å²) >= 11 is 0. The zero-order valence-electron chi connectivity index (χ0n) is 10.3. The Hall–Kier alpha value is -0.970. The van der Waals surface area contributed by atoms with Gasteiger partial charge < -0.3 is 5.32 Å². The maximum atomic E-state index is 4.20. The molecule has 2 saturated carbocycles. The summed E-state index contributed by atoms with van der Waals surface area (Å²) in [5, 5.41) is 15.7. The van der Waals surface area contributed by atoms with Crippen LogP contribution in [0.4, 0.5) is 0 Å². The van der Waals surface area contributed by atoms with E-state index in [1.54, 1.807) is 0 Å². The molecule has 2 aliphatic carbocycles. The minimum absolute atomic E-state index is 0.531. The van der Waals surface area contributed by atoms with Crippen LogP contribution in [0.25, 0.3) is 0 Å². The number of hydrogen-bond donors (Lipinski definition) is 1. The maximum absolute atomic E-state index is 4.20. The fraction of sp³-hybridized carbons (Fsp3) is 0.917. The highest BCUT2D eigenvalue weighted by molar-refractivity contribution is 4.89. The van der Waals surface area contributed by atoms with E-state index in [-0.39, 0.29) is 0 Å². The van der Waals surface area contributed by atoms with E-state index in [0.29, 0.717) is 12.1 Å². The Kier molecular flexibility index (Phi) is 3.36. The van der Waals surface area contributed by atoms with Crippen molar-refractivity contribution in [2.75, 3.05) is 0 Å². The first kappa shape index (κ1) is 11.1. The van der Waals surface area contributed by atoms with Gasteiger partial charge in [-0.3, -0.25) is 0 Å². The molecule has 0 saturated heterocycles. The predicted octanol–water partition coefficient (Wildman–Crippen LogP) is 1.82. The van der Waals surface area contributed by atoms with Crippen LogP contribution in [-0.2, 0) is 6.54 Å². The molecule has 3 rings (SSSR count). The van der Waals surface area contributed by atoms with Gasteiger partial charge in [0.15, 0.2) is 5.82 Å². The molecule has 1 aromatic heterocycles. The molecule has 0 unspecified atom stereocenters. The van der Waals surface area contributed by atoms with Gasteiger partial charge in [-0.2, -0.15) is 0 Å². The van der Waals surface area contributed by atoms with Crippen molar-refractivity contribution in [2.24, 2.45) is 0 Å². The Morgan fingerprint density at radius 2 is 1.82 bits per heavy atom. The van der Waals surface area contributed by atoms with Crippen molar-refractivity contribution in [1.29, 1.82) is 0 Å². The Morgan fingerprint density at radius 1 is 1.06 bits per heavy atom. The number of hydrogen-bond acceptors (Lipinski definition) is 4. The Balaban J connectivity index is 1.65. The van der Waals surface area contributed by atoms with Gasteiger partial charge in [0.1, 0.15) is 0 Å². The van der Waals surface area contributed by atoms with Crippen molar-refractivity contribution in [3.63, 3.8) is 0 Å². The van der Waals surface area contributed by atoms with E-state index in [2.05, 4.69) is 25.5 Å². The van der Waals surface area contributed by atoms with Gasteiger partial charge in [0, 0.05) is 6.04 Å². The van der Waals surface area contributed by atoms with Crippen molar-refractivity contribution in [3.05, 3.63) is 5.82 Å². The molecule has 1 heterocycles. The van der Waals surface area contributed by atoms with E-state index in [9.17, 15) is 0 Å². The molecule has 5 nitrogen and oxygen atoms in total. The molecular formula is C12H21N5. The van der Waals surface area contributed by atoms with E-state index in [0.717, 1.165) is 12.4 Å². The largest absolute Gasteiger partial charge is 0.307 e. The smallest absolute Gasteiger partial charge is 0.165 e. The summed E-state index contributed by atoms with van der Waals surface area (Å²) in [5.74, 6) is 1.02. The summed E-state index contributed by atoms with van der Waals surface area (Å²) in [6.07, 6.45) is 10.5. The lowest BCUT2D eigenvalue weighted by atomic mass is 10.1. The Labute approximate surface area is 102 Å². The zero-order chi connectivity index (χ0) is 11.5. The van der Waals surface area contributed by atoms with Gasteiger partial charge in [-0.1, -0.05) is 25.7 Å². The van der Waals surface area contributed by atoms with Crippen LogP contribution in [0.15, 0.2) is 0 Å². The van der Waals surface area contributed by atoms with Gasteiger partial charge >= 0.3 is 0 Å². The van der Waals surface area contributed by atoms with Crippen LogP contribution in [0.3, 0.4) is 0 Å². The summed E-state index contributed by atoms with van der Waals surface area (Å²) in [5.41, 5.74) is 0. The summed E-state index contributed by atoms with van der Waals surface area (Å²) in [7, 11) is 0. The lowest BCUT2D eigenvalue weighted by Crippen LogP contribution is -2.21. The van der Waals surface area contributed by atoms with E-state index >= 15 is 0 Å². The zero-order valence-corrected chi connectivity index (χ0v) is 10.3. The van der Waals surface area contributed by atoms with Crippen molar-refractivity contribution in [2.45, 2.75) is 70.0 Å². The van der Waals surface area contributed by atoms with E-state index in [1.807, 2.05) is 0 Å². The van der Waals surface area contributed by atoms with Crippen LogP contribution < -0.4 is 5.32 Å². The first-order chi connectivity index (χ1) is 8.43. The third-order valence-corrected chi connectivity index (χ3v) is 3.86. The molecule has 1 aromatic rings. The molecule has 1 N–H and O–H groups in total. The fourth-order valence-electron chi connectivity index (χ4n) is 2.64. The highest BCUT2D eigenvalue weighted by Crippen LogP contribution is 2.27. The average Bonchev–Trinajstić information content (AvgIpc) is 3.11. The van der Waals surface area contributed by atoms with Crippen LogP contribution in [-0.4, -0.2) is 26.2 Å². The summed E-state index contributed by atoms with van der Waals surface area (Å²) in [4.78, 5) is 0. The van der Waals surface area contributed by atoms with Crippen molar-refractivity contribution >= 4 is 0 Å². The lowest BCUT2D eigenvalue weighted by Gasteiger charge is -2.15. The average molecular weight is 235 g/mol. The van der Waals surface area contributed by atoms with Crippen molar-refractivity contribution in [3.8, 4) is 0 Å². The highest BCUT2D eigenvalue weighted by atomic mass is 15.6. The van der Waals surface area contributed by atoms with E-state index in [1.165, 1.54) is 51.4 Å². The number of tetrazole rings is 1. The third kappa shape index (κ3) is 2.83. The number of aromatic nitrogens is 4. The summed E-state index contributed by atoms with van der Waals surface area (Å²) < 4.78 is 2.07. The molecule has 0 spiro atoms. The van der Waals surface area contributed by atoms with Gasteiger partial charge in [-0.05, 0) is 36.1 Å². The monoisotopic (exact) mass is 235 g/mol. The fourth-order valence-corrected chi connectivity index (χ4v) is 2.64. The SMILES string of the molecule is C1CCCC(n2nnnc2CNC2CC2)CC1. The molecule has 0 aliphatic heterocycles. The van der Waals surface area contributed by atoms with Gasteiger partial charge in [-0.15, -0.1) is 5.10 Å². The highest BCUT2D eigenvalue weighted by Gasteiger charge is 2.23. The standard InChI is InChI=1S/C12H21N5/c1-2-4-6-11(5-3-1)17-12(14-15-16-17)9-13-10-7-8-10/h10-11,13H,1-9H2. The topological polar surface area (TPSA) is 55.6 Å². The minimum atomic E-state index is 0.531. The van der Waals surface area contributed by atoms with Crippen LogP contribution >= 0.6 is 0 Å². The van der Waals surface area contributed by atoms with Gasteiger partial charge in [0.25, 0.3) is 0 Å². The molecule has 5 heteroatoms. The predicted molar refractivity (Wildman–Crippen MR) is 64.4 cm³/mol. The first-order valence-electron chi connectivity index (χ1n) is 6.93. The summed E-state index contributed by atoms with van der Waals surface area (Å²) in [6.45, 7) is 0.828. The normalized spacial score (nSPS) is 22.6. The molecule has 0 bridgehead atoms. The van der Waals surface area contributed by atoms with Crippen molar-refractivity contribution in [1.82, 2.24) is 25.5 Å². The second-order valence-electron chi connectivity index (χ2n) is 5.34. The Morgan fingerprint density at radius 3 is 2.53 bits per heavy atom. The van der Waals surface area contributed by atoms with Gasteiger partial charge in [-0.25, -0.2) is 4.68 Å². The van der Waals surface area contributed by atoms with Gasteiger partial charge in [0.05, 0.1) is 12.6 Å². The molecular weight excluding hydrogens is 214 g/mol. The maximum Gasteiger partial charge on any atom is 0.165 e. The van der Waals surface area contributed by atoms with Crippen molar-refractivity contribution < 1.29 is 0 Å². The number of nitrogens with zero attached hydrogens (tertiary/aromatic N) is 4. The molecule has 0 atom stereocenters. The van der Waals surface area contributed by atoms with Gasteiger partial charge in [0.2, 0.25) is 0 Å². The number of rotatable bonds is 4. The quantitative estimate of drug-likeness (QED) is 0.809. The molecule has 0 amide bonds. The van der Waals surface area contributed by atoms with Crippen LogP contribution in [0.5, 0.6) is 0 Å². The van der Waals surface area contributed by atoms with Crippen LogP contribution in [0.1, 0.15) is 63.2 Å². The Bertz CT molecular complexity index is 350. The molecule has 94 valence electrons. The molecule has 2 fully saturated rings. The second-order valence-corrected chi connectivity index (χ2v) is 5.34. The van der Waals surface area contributed by atoms with Crippen LogP contribution in [0.2, 0.25) is 0 Å². The van der Waals surface area contributed by atoms with E-state index < -0.39 is 0 Å². The second kappa shape index (κ2) is 5.12. The molecule has 17 heavy (non-hydrogen) atoms. The molecule has 2 aliphatic rings. The first-order valence-corrected chi connectivity index (χ1v) is 6.93. The number of nitrogens with one attached hydrogen (secondary N) is 1. The molecule has 0 radical (unpaired) electrons. The summed E-state index contributed by atoms with van der Waals surface area (Å²) in [6, 6.07) is 1.25. The molecule has 0 aromatic carbocycles. The lowest BCUT2D eigenvalue weighted by molar-refractivity contribution is 0.380.